The van der Waals surface area contributed by atoms with Gasteiger partial charge in [-0.05, 0) is 43.7 Å². The predicted octanol–water partition coefficient (Wildman–Crippen LogP) is 2.63. The molecule has 39 heavy (non-hydrogen) atoms. The largest absolute Gasteiger partial charge is 0.493 e. The molecule has 0 saturated carbocycles. The SMILES string of the molecule is Cc1nc(NC2CNCC2F)ccc1CN1CCN2C(C)CN(c3ccc(C#N)c4nc(O)ccc34)CC2C1. The van der Waals surface area contributed by atoms with Gasteiger partial charge < -0.3 is 20.6 Å². The average Bonchev–Trinajstić information content (AvgIpc) is 3.33. The molecule has 2 aromatic heterocycles. The number of nitrogens with one attached hydrogen (secondary N) is 2. The standard InChI is InChI=1S/C29H35FN8O/c1-18-14-37(26-6-3-20(11-31)29-23(26)5-8-28(39)35-29)17-22-16-36(9-10-38(18)22)15-21-4-7-27(33-19(21)2)34-25-13-32-12-24(25)30/h3-8,18,22,24-25,32H,9-10,12-17H2,1-2H3,(H,33,34)(H,35,39). The molecule has 4 unspecified atom stereocenters. The molecule has 1 aromatic carbocycles. The quantitative estimate of drug-likeness (QED) is 0.459. The van der Waals surface area contributed by atoms with E-state index in [9.17, 15) is 14.8 Å². The van der Waals surface area contributed by atoms with Crippen LogP contribution in [0.1, 0.15) is 23.7 Å². The summed E-state index contributed by atoms with van der Waals surface area (Å²) < 4.78 is 14.0. The van der Waals surface area contributed by atoms with Gasteiger partial charge in [0.2, 0.25) is 5.88 Å². The number of aromatic nitrogens is 2. The fourth-order valence-electron chi connectivity index (χ4n) is 6.38. The van der Waals surface area contributed by atoms with Gasteiger partial charge in [0.25, 0.3) is 0 Å². The highest BCUT2D eigenvalue weighted by Gasteiger charge is 2.37. The molecule has 3 fully saturated rings. The lowest BCUT2D eigenvalue weighted by molar-refractivity contribution is 0.0316. The van der Waals surface area contributed by atoms with E-state index in [1.54, 1.807) is 12.1 Å². The number of anilines is 2. The number of hydrogen-bond acceptors (Lipinski definition) is 9. The van der Waals surface area contributed by atoms with E-state index >= 15 is 0 Å². The molecule has 3 aliphatic rings. The fourth-order valence-corrected chi connectivity index (χ4v) is 6.38. The Bertz CT molecular complexity index is 1410. The van der Waals surface area contributed by atoms with Crippen LogP contribution in [0, 0.1) is 18.3 Å². The van der Waals surface area contributed by atoms with Crippen molar-refractivity contribution >= 4 is 22.4 Å². The number of pyridine rings is 2. The van der Waals surface area contributed by atoms with Crippen LogP contribution in [-0.4, -0.2) is 95.0 Å². The maximum absolute atomic E-state index is 14.0. The number of hydrogen-bond donors (Lipinski definition) is 3. The summed E-state index contributed by atoms with van der Waals surface area (Å²) in [5.74, 6) is 0.652. The van der Waals surface area contributed by atoms with Gasteiger partial charge >= 0.3 is 0 Å². The summed E-state index contributed by atoms with van der Waals surface area (Å²) in [5.41, 5.74) is 4.23. The van der Waals surface area contributed by atoms with Crippen molar-refractivity contribution < 1.29 is 9.50 Å². The summed E-state index contributed by atoms with van der Waals surface area (Å²) in [6, 6.07) is 14.1. The van der Waals surface area contributed by atoms with E-state index in [2.05, 4.69) is 49.4 Å². The van der Waals surface area contributed by atoms with Gasteiger partial charge in [0, 0.05) is 87.3 Å². The molecule has 0 bridgehead atoms. The summed E-state index contributed by atoms with van der Waals surface area (Å²) in [4.78, 5) is 16.5. The Morgan fingerprint density at radius 3 is 2.74 bits per heavy atom. The predicted molar refractivity (Wildman–Crippen MR) is 150 cm³/mol. The molecular formula is C29H35FN8O. The Balaban J connectivity index is 1.16. The van der Waals surface area contributed by atoms with E-state index in [0.29, 0.717) is 36.3 Å². The maximum atomic E-state index is 14.0. The molecule has 0 amide bonds. The number of nitriles is 1. The maximum Gasteiger partial charge on any atom is 0.211 e. The summed E-state index contributed by atoms with van der Waals surface area (Å²) in [6.45, 7) is 10.9. The number of fused-ring (bicyclic) bond motifs is 2. The van der Waals surface area contributed by atoms with Crippen molar-refractivity contribution in [2.45, 2.75) is 44.7 Å². The zero-order valence-electron chi connectivity index (χ0n) is 22.4. The highest BCUT2D eigenvalue weighted by atomic mass is 19.1. The van der Waals surface area contributed by atoms with Crippen LogP contribution in [0.4, 0.5) is 15.9 Å². The molecule has 0 aliphatic carbocycles. The molecule has 9 nitrogen and oxygen atoms in total. The van der Waals surface area contributed by atoms with Crippen molar-refractivity contribution in [3.63, 3.8) is 0 Å². The summed E-state index contributed by atoms with van der Waals surface area (Å²) in [7, 11) is 0. The third-order valence-corrected chi connectivity index (χ3v) is 8.44. The first-order valence-corrected chi connectivity index (χ1v) is 13.7. The van der Waals surface area contributed by atoms with Gasteiger partial charge in [-0.25, -0.2) is 14.4 Å². The van der Waals surface area contributed by atoms with Crippen LogP contribution in [-0.2, 0) is 6.54 Å². The molecule has 3 aliphatic heterocycles. The first-order chi connectivity index (χ1) is 18.9. The molecule has 3 aromatic rings. The minimum atomic E-state index is -0.897. The van der Waals surface area contributed by atoms with Crippen LogP contribution in [0.15, 0.2) is 36.4 Å². The van der Waals surface area contributed by atoms with Gasteiger partial charge in [0.05, 0.1) is 17.1 Å². The average molecular weight is 531 g/mol. The summed E-state index contributed by atoms with van der Waals surface area (Å²) in [5, 5.41) is 26.7. The molecule has 5 heterocycles. The first kappa shape index (κ1) is 25.7. The molecule has 3 N–H and O–H groups in total. The van der Waals surface area contributed by atoms with Gasteiger partial charge in [-0.2, -0.15) is 5.26 Å². The molecule has 6 rings (SSSR count). The number of aromatic hydroxyl groups is 1. The zero-order valence-corrected chi connectivity index (χ0v) is 22.4. The Labute approximate surface area is 228 Å². The smallest absolute Gasteiger partial charge is 0.211 e. The lowest BCUT2D eigenvalue weighted by Gasteiger charge is -2.51. The van der Waals surface area contributed by atoms with E-state index in [1.807, 2.05) is 25.1 Å². The minimum Gasteiger partial charge on any atom is -0.493 e. The number of rotatable bonds is 5. The lowest BCUT2D eigenvalue weighted by atomic mass is 10.0. The second-order valence-corrected chi connectivity index (χ2v) is 11.1. The van der Waals surface area contributed by atoms with Crippen LogP contribution < -0.4 is 15.5 Å². The highest BCUT2D eigenvalue weighted by molar-refractivity contribution is 5.95. The van der Waals surface area contributed by atoms with Crippen molar-refractivity contribution in [2.24, 2.45) is 0 Å². The van der Waals surface area contributed by atoms with Crippen molar-refractivity contribution in [3.8, 4) is 11.9 Å². The Morgan fingerprint density at radius 2 is 1.97 bits per heavy atom. The van der Waals surface area contributed by atoms with E-state index in [4.69, 9.17) is 4.98 Å². The topological polar surface area (TPSA) is 104 Å². The van der Waals surface area contributed by atoms with Crippen LogP contribution in [0.25, 0.3) is 10.9 Å². The Kier molecular flexibility index (Phi) is 6.97. The zero-order chi connectivity index (χ0) is 27.1. The molecule has 4 atom stereocenters. The number of alkyl halides is 1. The minimum absolute atomic E-state index is 0.0759. The number of halogens is 1. The number of benzene rings is 1. The van der Waals surface area contributed by atoms with Gasteiger partial charge in [0.15, 0.2) is 0 Å². The number of aryl methyl sites for hydroxylation is 1. The van der Waals surface area contributed by atoms with Crippen molar-refractivity contribution in [1.29, 1.82) is 5.26 Å². The van der Waals surface area contributed by atoms with Crippen molar-refractivity contribution in [1.82, 2.24) is 25.1 Å². The molecular weight excluding hydrogens is 495 g/mol. The normalized spacial score (nSPS) is 25.9. The van der Waals surface area contributed by atoms with Gasteiger partial charge in [0.1, 0.15) is 18.1 Å². The molecule has 204 valence electrons. The van der Waals surface area contributed by atoms with Crippen LogP contribution in [0.5, 0.6) is 5.88 Å². The first-order valence-electron chi connectivity index (χ1n) is 13.7. The Morgan fingerprint density at radius 1 is 1.10 bits per heavy atom. The van der Waals surface area contributed by atoms with E-state index < -0.39 is 6.17 Å². The van der Waals surface area contributed by atoms with Crippen LogP contribution >= 0.6 is 0 Å². The molecule has 0 radical (unpaired) electrons. The lowest BCUT2D eigenvalue weighted by Crippen LogP contribution is -2.65. The summed E-state index contributed by atoms with van der Waals surface area (Å²) >= 11 is 0. The molecule has 10 heteroatoms. The summed E-state index contributed by atoms with van der Waals surface area (Å²) in [6.07, 6.45) is -0.897. The molecule has 0 spiro atoms. The van der Waals surface area contributed by atoms with E-state index in [-0.39, 0.29) is 11.9 Å². The third kappa shape index (κ3) is 5.10. The van der Waals surface area contributed by atoms with Gasteiger partial charge in [-0.1, -0.05) is 6.07 Å². The number of nitrogens with zero attached hydrogens (tertiary/aromatic N) is 6. The highest BCUT2D eigenvalue weighted by Crippen LogP contribution is 2.33. The second-order valence-electron chi connectivity index (χ2n) is 11.1. The van der Waals surface area contributed by atoms with Gasteiger partial charge in [-0.3, -0.25) is 9.80 Å². The Hall–Kier alpha value is -3.52. The van der Waals surface area contributed by atoms with Crippen molar-refractivity contribution in [3.05, 3.63) is 53.2 Å². The fraction of sp³-hybridized carbons (Fsp3) is 0.483. The number of piperazine rings is 2. The third-order valence-electron chi connectivity index (χ3n) is 8.44. The van der Waals surface area contributed by atoms with E-state index in [1.165, 1.54) is 5.56 Å². The van der Waals surface area contributed by atoms with Crippen molar-refractivity contribution in [2.75, 3.05) is 56.0 Å². The van der Waals surface area contributed by atoms with Crippen LogP contribution in [0.3, 0.4) is 0 Å². The molecule has 3 saturated heterocycles. The second kappa shape index (κ2) is 10.6. The van der Waals surface area contributed by atoms with Crippen LogP contribution in [0.2, 0.25) is 0 Å². The van der Waals surface area contributed by atoms with E-state index in [0.717, 1.165) is 61.9 Å². The van der Waals surface area contributed by atoms with Gasteiger partial charge in [-0.15, -0.1) is 0 Å². The monoisotopic (exact) mass is 530 g/mol.